The first-order chi connectivity index (χ1) is 9.13. The Kier molecular flexibility index (Phi) is 4.16. The zero-order valence-electron chi connectivity index (χ0n) is 11.3. The molecule has 19 heavy (non-hydrogen) atoms. The maximum Gasteiger partial charge on any atom is 0.230 e. The van der Waals surface area contributed by atoms with Crippen molar-refractivity contribution in [1.82, 2.24) is 10.2 Å². The fourth-order valence-corrected chi connectivity index (χ4v) is 2.29. The molecule has 0 bridgehead atoms. The van der Waals surface area contributed by atoms with E-state index in [0.717, 1.165) is 17.8 Å². The fourth-order valence-electron chi connectivity index (χ4n) is 2.29. The van der Waals surface area contributed by atoms with E-state index in [4.69, 9.17) is 0 Å². The van der Waals surface area contributed by atoms with E-state index in [1.807, 2.05) is 31.3 Å². The summed E-state index contributed by atoms with van der Waals surface area (Å²) in [6.45, 7) is 1.37. The van der Waals surface area contributed by atoms with Gasteiger partial charge in [0.1, 0.15) is 0 Å². The second-order valence-corrected chi connectivity index (χ2v) is 4.76. The summed E-state index contributed by atoms with van der Waals surface area (Å²) in [7, 11) is 3.62. The van der Waals surface area contributed by atoms with Crippen LogP contribution in [-0.2, 0) is 9.59 Å². The number of likely N-dealkylation sites (N-methyl/N-ethyl adjacent to an activating group) is 2. The van der Waals surface area contributed by atoms with Crippen LogP contribution >= 0.6 is 0 Å². The summed E-state index contributed by atoms with van der Waals surface area (Å²) in [6, 6.07) is 7.49. The summed E-state index contributed by atoms with van der Waals surface area (Å²) in [5.41, 5.74) is 1.66. The molecule has 1 aliphatic heterocycles. The van der Waals surface area contributed by atoms with Crippen LogP contribution in [0.3, 0.4) is 0 Å². The van der Waals surface area contributed by atoms with Gasteiger partial charge < -0.3 is 15.5 Å². The fraction of sp³-hybridized carbons (Fsp3) is 0.429. The predicted octanol–water partition coefficient (Wildman–Crippen LogP) is 0.790. The molecule has 1 aliphatic rings. The number of anilines is 1. The zero-order chi connectivity index (χ0) is 13.8. The summed E-state index contributed by atoms with van der Waals surface area (Å²) >= 11 is 0. The van der Waals surface area contributed by atoms with Crippen molar-refractivity contribution in [2.45, 2.75) is 12.3 Å². The number of benzene rings is 1. The van der Waals surface area contributed by atoms with Gasteiger partial charge in [-0.05, 0) is 18.7 Å². The molecule has 0 saturated heterocycles. The molecule has 102 valence electrons. The summed E-state index contributed by atoms with van der Waals surface area (Å²) in [4.78, 5) is 25.8. The number of para-hydroxylation sites is 1. The smallest absolute Gasteiger partial charge is 0.230 e. The molecule has 1 aromatic carbocycles. The number of carbonyl (C=O) groups is 2. The normalized spacial score (nSPS) is 17.6. The average molecular weight is 261 g/mol. The van der Waals surface area contributed by atoms with Crippen LogP contribution in [0.5, 0.6) is 0 Å². The largest absolute Gasteiger partial charge is 0.344 e. The second kappa shape index (κ2) is 5.84. The van der Waals surface area contributed by atoms with Gasteiger partial charge >= 0.3 is 0 Å². The summed E-state index contributed by atoms with van der Waals surface area (Å²) in [6.07, 6.45) is 0.222. The molecule has 5 heteroatoms. The van der Waals surface area contributed by atoms with E-state index in [1.54, 1.807) is 11.9 Å². The number of carbonyl (C=O) groups excluding carboxylic acids is 2. The Morgan fingerprint density at radius 3 is 2.95 bits per heavy atom. The molecule has 5 nitrogen and oxygen atoms in total. The van der Waals surface area contributed by atoms with Crippen LogP contribution in [0.25, 0.3) is 0 Å². The van der Waals surface area contributed by atoms with Crippen molar-refractivity contribution >= 4 is 17.5 Å². The molecular weight excluding hydrogens is 242 g/mol. The highest BCUT2D eigenvalue weighted by Gasteiger charge is 2.31. The van der Waals surface area contributed by atoms with E-state index in [-0.39, 0.29) is 24.2 Å². The topological polar surface area (TPSA) is 61.4 Å². The molecule has 0 fully saturated rings. The molecule has 1 atom stereocenters. The van der Waals surface area contributed by atoms with Gasteiger partial charge in [-0.2, -0.15) is 0 Å². The van der Waals surface area contributed by atoms with Crippen molar-refractivity contribution in [3.05, 3.63) is 29.8 Å². The molecule has 0 spiro atoms. The number of nitrogens with zero attached hydrogens (tertiary/aromatic N) is 1. The molecule has 2 rings (SSSR count). The van der Waals surface area contributed by atoms with Gasteiger partial charge in [0.25, 0.3) is 0 Å². The number of amides is 2. The lowest BCUT2D eigenvalue weighted by Gasteiger charge is -2.28. The Morgan fingerprint density at radius 1 is 1.47 bits per heavy atom. The number of rotatable bonds is 4. The molecule has 0 aromatic heterocycles. The van der Waals surface area contributed by atoms with Crippen molar-refractivity contribution < 1.29 is 9.59 Å². The molecule has 1 aromatic rings. The third-order valence-corrected chi connectivity index (χ3v) is 3.37. The third-order valence-electron chi connectivity index (χ3n) is 3.37. The number of hydrogen-bond donors (Lipinski definition) is 2. The molecule has 0 saturated carbocycles. The Balaban J connectivity index is 2.20. The first-order valence-electron chi connectivity index (χ1n) is 6.42. The van der Waals surface area contributed by atoms with Gasteiger partial charge in [-0.15, -0.1) is 0 Å². The SMILES string of the molecule is CNCCN(C)C(=O)C1CC(=O)Nc2ccccc21. The van der Waals surface area contributed by atoms with Crippen molar-refractivity contribution in [3.63, 3.8) is 0 Å². The van der Waals surface area contributed by atoms with Gasteiger partial charge in [-0.25, -0.2) is 0 Å². The van der Waals surface area contributed by atoms with Crippen LogP contribution in [0.4, 0.5) is 5.69 Å². The van der Waals surface area contributed by atoms with Gasteiger partial charge in [0.2, 0.25) is 11.8 Å². The monoisotopic (exact) mass is 261 g/mol. The number of hydrogen-bond acceptors (Lipinski definition) is 3. The third kappa shape index (κ3) is 2.93. The second-order valence-electron chi connectivity index (χ2n) is 4.76. The van der Waals surface area contributed by atoms with E-state index in [1.165, 1.54) is 0 Å². The van der Waals surface area contributed by atoms with E-state index in [9.17, 15) is 9.59 Å². The van der Waals surface area contributed by atoms with E-state index in [0.29, 0.717) is 6.54 Å². The van der Waals surface area contributed by atoms with Crippen molar-refractivity contribution in [3.8, 4) is 0 Å². The van der Waals surface area contributed by atoms with E-state index >= 15 is 0 Å². The van der Waals surface area contributed by atoms with Crippen LogP contribution in [0.2, 0.25) is 0 Å². The van der Waals surface area contributed by atoms with Crippen LogP contribution in [0, 0.1) is 0 Å². The molecule has 1 unspecified atom stereocenters. The number of fused-ring (bicyclic) bond motifs is 1. The molecule has 0 aliphatic carbocycles. The predicted molar refractivity (Wildman–Crippen MR) is 74.0 cm³/mol. The Morgan fingerprint density at radius 2 is 2.21 bits per heavy atom. The van der Waals surface area contributed by atoms with Crippen molar-refractivity contribution in [1.29, 1.82) is 0 Å². The first-order valence-corrected chi connectivity index (χ1v) is 6.42. The van der Waals surface area contributed by atoms with Gasteiger partial charge in [-0.3, -0.25) is 9.59 Å². The minimum atomic E-state index is -0.369. The van der Waals surface area contributed by atoms with Crippen molar-refractivity contribution in [2.75, 3.05) is 32.5 Å². The van der Waals surface area contributed by atoms with Crippen LogP contribution < -0.4 is 10.6 Å². The van der Waals surface area contributed by atoms with Crippen LogP contribution in [0.15, 0.2) is 24.3 Å². The van der Waals surface area contributed by atoms with Crippen LogP contribution in [-0.4, -0.2) is 43.9 Å². The quantitative estimate of drug-likeness (QED) is 0.842. The molecule has 0 radical (unpaired) electrons. The van der Waals surface area contributed by atoms with Gasteiger partial charge in [0.15, 0.2) is 0 Å². The van der Waals surface area contributed by atoms with E-state index < -0.39 is 0 Å². The Labute approximate surface area is 113 Å². The summed E-state index contributed by atoms with van der Waals surface area (Å²) in [5.74, 6) is -0.469. The summed E-state index contributed by atoms with van der Waals surface area (Å²) < 4.78 is 0. The summed E-state index contributed by atoms with van der Waals surface area (Å²) in [5, 5.41) is 5.82. The van der Waals surface area contributed by atoms with Crippen molar-refractivity contribution in [2.24, 2.45) is 0 Å². The van der Waals surface area contributed by atoms with Gasteiger partial charge in [0, 0.05) is 32.2 Å². The molecule has 2 N–H and O–H groups in total. The lowest BCUT2D eigenvalue weighted by atomic mass is 9.89. The molecule has 1 heterocycles. The molecule has 2 amide bonds. The van der Waals surface area contributed by atoms with Crippen LogP contribution in [0.1, 0.15) is 17.9 Å². The highest BCUT2D eigenvalue weighted by atomic mass is 16.2. The maximum absolute atomic E-state index is 12.4. The Hall–Kier alpha value is -1.88. The minimum absolute atomic E-state index is 0.00227. The lowest BCUT2D eigenvalue weighted by molar-refractivity contribution is -0.133. The standard InChI is InChI=1S/C14H19N3O2/c1-15-7-8-17(2)14(19)11-9-13(18)16-12-6-4-3-5-10(11)12/h3-6,11,15H,7-9H2,1-2H3,(H,16,18). The highest BCUT2D eigenvalue weighted by Crippen LogP contribution is 2.32. The Bertz CT molecular complexity index is 487. The average Bonchev–Trinajstić information content (AvgIpc) is 2.42. The van der Waals surface area contributed by atoms with Gasteiger partial charge in [-0.1, -0.05) is 18.2 Å². The number of nitrogens with one attached hydrogen (secondary N) is 2. The lowest BCUT2D eigenvalue weighted by Crippen LogP contribution is -2.39. The molecular formula is C14H19N3O2. The zero-order valence-corrected chi connectivity index (χ0v) is 11.3. The maximum atomic E-state index is 12.4. The van der Waals surface area contributed by atoms with E-state index in [2.05, 4.69) is 10.6 Å². The highest BCUT2D eigenvalue weighted by molar-refractivity contribution is 6.01. The minimum Gasteiger partial charge on any atom is -0.344 e. The first kappa shape index (κ1) is 13.5. The van der Waals surface area contributed by atoms with Gasteiger partial charge in [0.05, 0.1) is 5.92 Å².